The van der Waals surface area contributed by atoms with Crippen LogP contribution in [-0.4, -0.2) is 20.8 Å². The van der Waals surface area contributed by atoms with E-state index in [0.717, 1.165) is 17.9 Å². The molecule has 0 bridgehead atoms. The van der Waals surface area contributed by atoms with Crippen molar-refractivity contribution >= 4 is 17.0 Å². The second-order valence-electron chi connectivity index (χ2n) is 3.46. The van der Waals surface area contributed by atoms with E-state index in [0.29, 0.717) is 12.5 Å². The molecule has 0 spiro atoms. The first-order valence-corrected chi connectivity index (χ1v) is 5.18. The van der Waals surface area contributed by atoms with E-state index in [1.807, 2.05) is 18.2 Å². The third kappa shape index (κ3) is 3.39. The lowest BCUT2D eigenvalue weighted by molar-refractivity contribution is 0.354. The van der Waals surface area contributed by atoms with Crippen molar-refractivity contribution in [2.45, 2.75) is 19.3 Å². The molecule has 4 heteroatoms. The molecule has 0 amide bonds. The average Bonchev–Trinajstić information content (AvgIpc) is 2.30. The lowest BCUT2D eigenvalue weighted by Crippen LogP contribution is -2.11. The van der Waals surface area contributed by atoms with Gasteiger partial charge in [-0.3, -0.25) is 0 Å². The number of hydrogen-bond donors (Lipinski definition) is 1. The molecule has 0 fully saturated rings. The van der Waals surface area contributed by atoms with Gasteiger partial charge < -0.3 is 15.2 Å². The average molecular weight is 290 g/mol. The van der Waals surface area contributed by atoms with Crippen LogP contribution in [0.2, 0.25) is 0 Å². The molecule has 2 N–H and O–H groups in total. The van der Waals surface area contributed by atoms with Gasteiger partial charge in [0.25, 0.3) is 0 Å². The Morgan fingerprint density at radius 2 is 1.81 bits per heavy atom. The largest absolute Gasteiger partial charge is 0.493 e. The zero-order valence-electron chi connectivity index (χ0n) is 10.0. The van der Waals surface area contributed by atoms with Crippen LogP contribution in [0.15, 0.2) is 18.2 Å². The molecule has 0 radical (unpaired) electrons. The van der Waals surface area contributed by atoms with Gasteiger partial charge in [0.2, 0.25) is 0 Å². The summed E-state index contributed by atoms with van der Waals surface area (Å²) in [6.45, 7) is 2.79. The van der Waals surface area contributed by atoms with Crippen molar-refractivity contribution in [2.24, 2.45) is 5.73 Å². The molecule has 92 valence electrons. The minimum atomic E-state index is 0. The Morgan fingerprint density at radius 3 is 2.25 bits per heavy atom. The van der Waals surface area contributed by atoms with Gasteiger partial charge in [0.15, 0.2) is 11.5 Å². The number of hydrogen-bond acceptors (Lipinski definition) is 3. The molecule has 1 aromatic rings. The van der Waals surface area contributed by atoms with E-state index in [2.05, 4.69) is 6.92 Å². The monoisotopic (exact) mass is 289 g/mol. The molecule has 0 aliphatic rings. The van der Waals surface area contributed by atoms with E-state index >= 15 is 0 Å². The fourth-order valence-corrected chi connectivity index (χ4v) is 1.65. The van der Waals surface area contributed by atoms with Crippen molar-refractivity contribution in [3.63, 3.8) is 0 Å². The summed E-state index contributed by atoms with van der Waals surface area (Å²) in [4.78, 5) is 0. The molecule has 0 aromatic heterocycles. The number of benzene rings is 1. The lowest BCUT2D eigenvalue weighted by atomic mass is 9.96. The van der Waals surface area contributed by atoms with Crippen LogP contribution in [-0.2, 0) is 0 Å². The number of ether oxygens (including phenoxy) is 2. The molecular weight excluding hydrogens is 270 g/mol. The Bertz CT molecular complexity index is 314. The Hall–Kier alpha value is -0.740. The van der Waals surface area contributed by atoms with Gasteiger partial charge in [-0.05, 0) is 36.6 Å². The summed E-state index contributed by atoms with van der Waals surface area (Å²) in [5, 5.41) is 0. The van der Waals surface area contributed by atoms with Crippen molar-refractivity contribution in [1.29, 1.82) is 0 Å². The second-order valence-corrected chi connectivity index (χ2v) is 3.46. The van der Waals surface area contributed by atoms with Crippen LogP contribution in [0, 0.1) is 0 Å². The fourth-order valence-electron chi connectivity index (χ4n) is 1.65. The highest BCUT2D eigenvalue weighted by atomic mass is 79.9. The fraction of sp³-hybridized carbons (Fsp3) is 0.500. The summed E-state index contributed by atoms with van der Waals surface area (Å²) in [7, 11) is 3.28. The van der Waals surface area contributed by atoms with Crippen LogP contribution in [0.5, 0.6) is 11.5 Å². The van der Waals surface area contributed by atoms with Crippen LogP contribution in [0.1, 0.15) is 24.8 Å². The Morgan fingerprint density at radius 1 is 1.19 bits per heavy atom. The van der Waals surface area contributed by atoms with Crippen molar-refractivity contribution in [2.75, 3.05) is 20.8 Å². The van der Waals surface area contributed by atoms with Gasteiger partial charge in [0, 0.05) is 0 Å². The normalized spacial score (nSPS) is 11.5. The molecule has 1 unspecified atom stereocenters. The van der Waals surface area contributed by atoms with Crippen LogP contribution in [0.3, 0.4) is 0 Å². The number of halogens is 1. The van der Waals surface area contributed by atoms with Gasteiger partial charge in [-0.2, -0.15) is 0 Å². The summed E-state index contributed by atoms with van der Waals surface area (Å²) in [6.07, 6.45) is 1.03. The van der Waals surface area contributed by atoms with Crippen LogP contribution in [0.4, 0.5) is 0 Å². The standard InChI is InChI=1S/C12H19NO2.BrH/c1-4-9(8-13)10-5-6-11(14-2)12(7-10)15-3;/h5-7,9H,4,8,13H2,1-3H3;1H. The third-order valence-corrected chi connectivity index (χ3v) is 2.66. The van der Waals surface area contributed by atoms with E-state index in [-0.39, 0.29) is 17.0 Å². The molecule has 3 nitrogen and oxygen atoms in total. The van der Waals surface area contributed by atoms with E-state index in [1.54, 1.807) is 14.2 Å². The van der Waals surface area contributed by atoms with Crippen LogP contribution in [0.25, 0.3) is 0 Å². The van der Waals surface area contributed by atoms with Crippen molar-refractivity contribution < 1.29 is 9.47 Å². The molecule has 1 atom stereocenters. The summed E-state index contributed by atoms with van der Waals surface area (Å²) in [6, 6.07) is 5.97. The second kappa shape index (κ2) is 7.52. The Labute approximate surface area is 108 Å². The summed E-state index contributed by atoms with van der Waals surface area (Å²) >= 11 is 0. The van der Waals surface area contributed by atoms with E-state index in [9.17, 15) is 0 Å². The quantitative estimate of drug-likeness (QED) is 0.907. The molecular formula is C12H20BrNO2. The molecule has 0 saturated carbocycles. The highest BCUT2D eigenvalue weighted by molar-refractivity contribution is 8.93. The van der Waals surface area contributed by atoms with Crippen molar-refractivity contribution in [1.82, 2.24) is 0 Å². The highest BCUT2D eigenvalue weighted by Gasteiger charge is 2.10. The third-order valence-electron chi connectivity index (χ3n) is 2.66. The maximum absolute atomic E-state index is 5.71. The molecule has 0 aliphatic heterocycles. The summed E-state index contributed by atoms with van der Waals surface area (Å²) < 4.78 is 10.4. The van der Waals surface area contributed by atoms with Crippen molar-refractivity contribution in [3.8, 4) is 11.5 Å². The van der Waals surface area contributed by atoms with Crippen molar-refractivity contribution in [3.05, 3.63) is 23.8 Å². The maximum atomic E-state index is 5.71. The Kier molecular flexibility index (Phi) is 7.17. The smallest absolute Gasteiger partial charge is 0.160 e. The topological polar surface area (TPSA) is 44.5 Å². The van der Waals surface area contributed by atoms with Crippen LogP contribution >= 0.6 is 17.0 Å². The molecule has 16 heavy (non-hydrogen) atoms. The summed E-state index contributed by atoms with van der Waals surface area (Å²) in [5.41, 5.74) is 6.91. The van der Waals surface area contributed by atoms with E-state index in [4.69, 9.17) is 15.2 Å². The highest BCUT2D eigenvalue weighted by Crippen LogP contribution is 2.31. The first kappa shape index (κ1) is 15.3. The van der Waals surface area contributed by atoms with Crippen LogP contribution < -0.4 is 15.2 Å². The first-order valence-electron chi connectivity index (χ1n) is 5.18. The van der Waals surface area contributed by atoms with Gasteiger partial charge in [-0.15, -0.1) is 17.0 Å². The number of methoxy groups -OCH3 is 2. The lowest BCUT2D eigenvalue weighted by Gasteiger charge is -2.15. The SMILES string of the molecule is Br.CCC(CN)c1ccc(OC)c(OC)c1. The molecule has 0 saturated heterocycles. The predicted octanol–water partition coefficient (Wildman–Crippen LogP) is 2.73. The minimum absolute atomic E-state index is 0. The molecule has 0 heterocycles. The zero-order chi connectivity index (χ0) is 11.3. The zero-order valence-corrected chi connectivity index (χ0v) is 11.7. The first-order chi connectivity index (χ1) is 7.26. The molecule has 0 aliphatic carbocycles. The number of rotatable bonds is 5. The van der Waals surface area contributed by atoms with E-state index in [1.165, 1.54) is 5.56 Å². The Balaban J connectivity index is 0.00000225. The summed E-state index contributed by atoms with van der Waals surface area (Å²) in [5.74, 6) is 1.92. The van der Waals surface area contributed by atoms with Gasteiger partial charge in [-0.1, -0.05) is 13.0 Å². The van der Waals surface area contributed by atoms with Gasteiger partial charge in [0.1, 0.15) is 0 Å². The van der Waals surface area contributed by atoms with Gasteiger partial charge in [-0.25, -0.2) is 0 Å². The molecule has 1 aromatic carbocycles. The minimum Gasteiger partial charge on any atom is -0.493 e. The van der Waals surface area contributed by atoms with Gasteiger partial charge >= 0.3 is 0 Å². The van der Waals surface area contributed by atoms with Gasteiger partial charge in [0.05, 0.1) is 14.2 Å². The number of nitrogens with two attached hydrogens (primary N) is 1. The predicted molar refractivity (Wildman–Crippen MR) is 72.0 cm³/mol. The molecule has 1 rings (SSSR count). The maximum Gasteiger partial charge on any atom is 0.160 e. The van der Waals surface area contributed by atoms with E-state index < -0.39 is 0 Å².